The Morgan fingerprint density at radius 3 is 2.55 bits per heavy atom. The third-order valence-electron chi connectivity index (χ3n) is 1.74. The monoisotopic (exact) mass is 183 g/mol. The predicted molar refractivity (Wildman–Crippen MR) is 43.2 cm³/mol. The summed E-state index contributed by atoms with van der Waals surface area (Å²) < 4.78 is 23.9. The van der Waals surface area contributed by atoms with Gasteiger partial charge in [-0.05, 0) is 31.9 Å². The maximum atomic E-state index is 11.9. The van der Waals surface area contributed by atoms with Gasteiger partial charge < -0.3 is 5.32 Å². The maximum absolute atomic E-state index is 11.9. The van der Waals surface area contributed by atoms with Crippen LogP contribution in [0.3, 0.4) is 0 Å². The zero-order chi connectivity index (χ0) is 7.56. The largest absolute Gasteiger partial charge is 0.314 e. The van der Waals surface area contributed by atoms with Crippen molar-refractivity contribution in [1.29, 1.82) is 0 Å². The molecule has 0 unspecified atom stereocenters. The van der Waals surface area contributed by atoms with Crippen molar-refractivity contribution in [2.75, 3.05) is 6.54 Å². The first-order valence-electron chi connectivity index (χ1n) is 3.46. The van der Waals surface area contributed by atoms with Crippen LogP contribution >= 0.6 is 12.4 Å². The summed E-state index contributed by atoms with van der Waals surface area (Å²) in [7, 11) is 0. The second kappa shape index (κ2) is 4.67. The van der Waals surface area contributed by atoms with E-state index in [1.165, 1.54) is 0 Å². The van der Waals surface area contributed by atoms with Crippen molar-refractivity contribution < 1.29 is 8.78 Å². The molecule has 0 saturated carbocycles. The Labute approximate surface area is 71.3 Å². The van der Waals surface area contributed by atoms with E-state index in [1.807, 2.05) is 6.92 Å². The van der Waals surface area contributed by atoms with E-state index in [9.17, 15) is 8.78 Å². The molecule has 1 fully saturated rings. The molecule has 0 spiro atoms. The van der Waals surface area contributed by atoms with Crippen LogP contribution in [0.4, 0.5) is 8.78 Å². The topological polar surface area (TPSA) is 12.0 Å². The van der Waals surface area contributed by atoms with Crippen LogP contribution in [-0.4, -0.2) is 12.6 Å². The van der Waals surface area contributed by atoms with Gasteiger partial charge in [0, 0.05) is 6.04 Å². The van der Waals surface area contributed by atoms with Crippen molar-refractivity contribution >= 4 is 12.4 Å². The van der Waals surface area contributed by atoms with E-state index in [0.717, 1.165) is 0 Å². The number of piperidine rings is 1. The SMILES string of the molecule is C[C@H]1CC(=C(F)F)CCN1.Cl. The molecule has 0 radical (unpaired) electrons. The van der Waals surface area contributed by atoms with Crippen LogP contribution in [0.1, 0.15) is 19.8 Å². The number of rotatable bonds is 0. The summed E-state index contributed by atoms with van der Waals surface area (Å²) in [6.07, 6.45) is -0.469. The molecule has 0 aromatic rings. The van der Waals surface area contributed by atoms with Crippen molar-refractivity contribution in [2.45, 2.75) is 25.8 Å². The molecule has 1 nitrogen and oxygen atoms in total. The minimum atomic E-state index is -1.48. The maximum Gasteiger partial charge on any atom is 0.269 e. The molecule has 66 valence electrons. The molecule has 1 heterocycles. The lowest BCUT2D eigenvalue weighted by atomic mass is 10.0. The van der Waals surface area contributed by atoms with E-state index in [2.05, 4.69) is 5.32 Å². The van der Waals surface area contributed by atoms with Crippen LogP contribution in [0.5, 0.6) is 0 Å². The van der Waals surface area contributed by atoms with Gasteiger partial charge in [0.15, 0.2) is 0 Å². The van der Waals surface area contributed by atoms with Crippen LogP contribution in [0.25, 0.3) is 0 Å². The van der Waals surface area contributed by atoms with Gasteiger partial charge in [-0.1, -0.05) is 0 Å². The van der Waals surface area contributed by atoms with Crippen LogP contribution in [0, 0.1) is 0 Å². The molecule has 1 atom stereocenters. The smallest absolute Gasteiger partial charge is 0.269 e. The first-order chi connectivity index (χ1) is 4.70. The van der Waals surface area contributed by atoms with Crippen molar-refractivity contribution in [3.05, 3.63) is 11.7 Å². The molecule has 1 rings (SSSR count). The molecule has 1 aliphatic heterocycles. The molecule has 0 amide bonds. The zero-order valence-electron chi connectivity index (χ0n) is 6.36. The van der Waals surface area contributed by atoms with E-state index in [-0.39, 0.29) is 18.4 Å². The van der Waals surface area contributed by atoms with Crippen molar-refractivity contribution in [3.8, 4) is 0 Å². The number of hydrogen-bond acceptors (Lipinski definition) is 1. The highest BCUT2D eigenvalue weighted by Crippen LogP contribution is 2.20. The molecular formula is C7H12ClF2N. The minimum Gasteiger partial charge on any atom is -0.314 e. The lowest BCUT2D eigenvalue weighted by Crippen LogP contribution is -2.32. The fraction of sp³-hybridized carbons (Fsp3) is 0.714. The predicted octanol–water partition coefficient (Wildman–Crippen LogP) is 2.33. The Bertz CT molecular complexity index is 155. The van der Waals surface area contributed by atoms with Gasteiger partial charge in [-0.25, -0.2) is 0 Å². The summed E-state index contributed by atoms with van der Waals surface area (Å²) in [5.74, 6) is 0. The van der Waals surface area contributed by atoms with Gasteiger partial charge in [0.05, 0.1) is 0 Å². The molecular weight excluding hydrogens is 172 g/mol. The first kappa shape index (κ1) is 10.8. The third-order valence-corrected chi connectivity index (χ3v) is 1.74. The molecule has 1 N–H and O–H groups in total. The average Bonchev–Trinajstić information content (AvgIpc) is 1.88. The first-order valence-corrected chi connectivity index (χ1v) is 3.46. The molecule has 0 aromatic carbocycles. The van der Waals surface area contributed by atoms with Gasteiger partial charge in [0.25, 0.3) is 6.08 Å². The Hall–Kier alpha value is -0.150. The molecule has 0 aromatic heterocycles. The number of hydrogen-bond donors (Lipinski definition) is 1. The normalized spacial score (nSPS) is 24.3. The fourth-order valence-electron chi connectivity index (χ4n) is 1.18. The summed E-state index contributed by atoms with van der Waals surface area (Å²) in [6.45, 7) is 2.61. The summed E-state index contributed by atoms with van der Waals surface area (Å²) in [6, 6.07) is 0.213. The molecule has 11 heavy (non-hydrogen) atoms. The van der Waals surface area contributed by atoms with E-state index < -0.39 is 6.08 Å². The van der Waals surface area contributed by atoms with Gasteiger partial charge in [-0.3, -0.25) is 0 Å². The van der Waals surface area contributed by atoms with Crippen LogP contribution in [0.15, 0.2) is 11.7 Å². The highest BCUT2D eigenvalue weighted by atomic mass is 35.5. The van der Waals surface area contributed by atoms with Crippen LogP contribution in [-0.2, 0) is 0 Å². The fourth-order valence-corrected chi connectivity index (χ4v) is 1.18. The number of nitrogens with one attached hydrogen (secondary N) is 1. The summed E-state index contributed by atoms with van der Waals surface area (Å²) in [5, 5.41) is 3.10. The average molecular weight is 184 g/mol. The molecule has 0 aliphatic carbocycles. The third kappa shape index (κ3) is 3.16. The molecule has 0 bridgehead atoms. The second-order valence-electron chi connectivity index (χ2n) is 2.67. The second-order valence-corrected chi connectivity index (χ2v) is 2.67. The van der Waals surface area contributed by atoms with E-state index in [1.54, 1.807) is 0 Å². The lowest BCUT2D eigenvalue weighted by molar-refractivity contribution is 0.381. The van der Waals surface area contributed by atoms with Gasteiger partial charge in [0.2, 0.25) is 0 Å². The molecule has 1 aliphatic rings. The van der Waals surface area contributed by atoms with Crippen molar-refractivity contribution in [3.63, 3.8) is 0 Å². The van der Waals surface area contributed by atoms with Gasteiger partial charge in [-0.15, -0.1) is 12.4 Å². The van der Waals surface area contributed by atoms with Crippen molar-refractivity contribution in [2.24, 2.45) is 0 Å². The summed E-state index contributed by atoms with van der Waals surface area (Å²) >= 11 is 0. The Morgan fingerprint density at radius 2 is 2.18 bits per heavy atom. The Kier molecular flexibility index (Phi) is 4.61. The van der Waals surface area contributed by atoms with Crippen LogP contribution < -0.4 is 5.32 Å². The zero-order valence-corrected chi connectivity index (χ0v) is 7.18. The highest BCUT2D eigenvalue weighted by Gasteiger charge is 2.15. The standard InChI is InChI=1S/C7H11F2N.ClH/c1-5-4-6(7(8)9)2-3-10-5;/h5,10H,2-4H2,1H3;1H/t5-;/m0./s1. The quantitative estimate of drug-likeness (QED) is 0.608. The number of halogens is 3. The lowest BCUT2D eigenvalue weighted by Gasteiger charge is -2.21. The minimum absolute atomic E-state index is 0. The van der Waals surface area contributed by atoms with E-state index >= 15 is 0 Å². The molecule has 1 saturated heterocycles. The van der Waals surface area contributed by atoms with E-state index in [4.69, 9.17) is 0 Å². The summed E-state index contributed by atoms with van der Waals surface area (Å²) in [4.78, 5) is 0. The van der Waals surface area contributed by atoms with Gasteiger partial charge >= 0.3 is 0 Å². The van der Waals surface area contributed by atoms with Crippen molar-refractivity contribution in [1.82, 2.24) is 5.32 Å². The Balaban J connectivity index is 0.000001000. The summed E-state index contributed by atoms with van der Waals surface area (Å²) in [5.41, 5.74) is 0.325. The highest BCUT2D eigenvalue weighted by molar-refractivity contribution is 5.85. The van der Waals surface area contributed by atoms with Gasteiger partial charge in [-0.2, -0.15) is 8.78 Å². The Morgan fingerprint density at radius 1 is 1.55 bits per heavy atom. The molecule has 4 heteroatoms. The van der Waals surface area contributed by atoms with Gasteiger partial charge in [0.1, 0.15) is 0 Å². The van der Waals surface area contributed by atoms with Crippen LogP contribution in [0.2, 0.25) is 0 Å². The van der Waals surface area contributed by atoms with E-state index in [0.29, 0.717) is 25.0 Å².